The maximum atomic E-state index is 5.73. The third-order valence-corrected chi connectivity index (χ3v) is 6.77. The predicted octanol–water partition coefficient (Wildman–Crippen LogP) is 5.18. The molecular formula is C22H28N2O. The van der Waals surface area contributed by atoms with Crippen molar-refractivity contribution in [1.29, 1.82) is 0 Å². The van der Waals surface area contributed by atoms with Gasteiger partial charge in [0.15, 0.2) is 0 Å². The average molecular weight is 336 g/mol. The van der Waals surface area contributed by atoms with Crippen LogP contribution in [0.3, 0.4) is 0 Å². The van der Waals surface area contributed by atoms with E-state index in [4.69, 9.17) is 9.72 Å². The van der Waals surface area contributed by atoms with Gasteiger partial charge in [0, 0.05) is 22.8 Å². The van der Waals surface area contributed by atoms with E-state index in [-0.39, 0.29) is 0 Å². The first-order valence-corrected chi connectivity index (χ1v) is 10.0. The smallest absolute Gasteiger partial charge is 0.120 e. The molecule has 0 saturated heterocycles. The van der Waals surface area contributed by atoms with Gasteiger partial charge in [-0.3, -0.25) is 4.98 Å². The van der Waals surface area contributed by atoms with E-state index in [1.165, 1.54) is 43.2 Å². The molecule has 0 atom stereocenters. The summed E-state index contributed by atoms with van der Waals surface area (Å²) < 4.78 is 5.73. The number of hydrogen-bond acceptors (Lipinski definition) is 3. The van der Waals surface area contributed by atoms with Crippen LogP contribution in [0, 0.1) is 30.6 Å². The standard InChI is InChI=1S/C22H28N2O/c1-3-25-18-4-5-20-19(12-18)21(6-13(2)23-20)24-22-16-8-14-7-15(10-16)11-17(22)9-14/h4-6,12,14-17,22H,3,7-11H2,1-2H3,(H,23,24). The summed E-state index contributed by atoms with van der Waals surface area (Å²) in [6.07, 6.45) is 7.27. The second kappa shape index (κ2) is 5.89. The fourth-order valence-electron chi connectivity index (χ4n) is 6.05. The second-order valence-electron chi connectivity index (χ2n) is 8.52. The lowest BCUT2D eigenvalue weighted by Gasteiger charge is -2.54. The minimum atomic E-state index is 0.647. The molecular weight excluding hydrogens is 308 g/mol. The molecule has 0 amide bonds. The second-order valence-corrected chi connectivity index (χ2v) is 8.52. The third-order valence-electron chi connectivity index (χ3n) is 6.77. The molecule has 1 heterocycles. The number of anilines is 1. The fraction of sp³-hybridized carbons (Fsp3) is 0.591. The van der Waals surface area contributed by atoms with Crippen LogP contribution in [0.25, 0.3) is 10.9 Å². The summed E-state index contributed by atoms with van der Waals surface area (Å²) >= 11 is 0. The van der Waals surface area contributed by atoms with Crippen molar-refractivity contribution in [3.63, 3.8) is 0 Å². The number of fused-ring (bicyclic) bond motifs is 1. The lowest BCUT2D eigenvalue weighted by Crippen LogP contribution is -2.51. The normalized spacial score (nSPS) is 33.0. The molecule has 25 heavy (non-hydrogen) atoms. The molecule has 4 saturated carbocycles. The van der Waals surface area contributed by atoms with E-state index in [1.807, 2.05) is 13.0 Å². The van der Waals surface area contributed by atoms with Gasteiger partial charge >= 0.3 is 0 Å². The van der Waals surface area contributed by atoms with Crippen molar-refractivity contribution in [1.82, 2.24) is 4.98 Å². The van der Waals surface area contributed by atoms with E-state index >= 15 is 0 Å². The first-order valence-electron chi connectivity index (χ1n) is 10.0. The topological polar surface area (TPSA) is 34.1 Å². The minimum Gasteiger partial charge on any atom is -0.494 e. The molecule has 1 N–H and O–H groups in total. The van der Waals surface area contributed by atoms with Crippen molar-refractivity contribution in [2.75, 3.05) is 11.9 Å². The van der Waals surface area contributed by atoms with Crippen LogP contribution >= 0.6 is 0 Å². The molecule has 4 aliphatic rings. The zero-order chi connectivity index (χ0) is 17.0. The lowest BCUT2D eigenvalue weighted by molar-refractivity contribution is 0.00758. The van der Waals surface area contributed by atoms with E-state index in [1.54, 1.807) is 0 Å². The molecule has 4 bridgehead atoms. The zero-order valence-corrected chi connectivity index (χ0v) is 15.3. The summed E-state index contributed by atoms with van der Waals surface area (Å²) in [6.45, 7) is 4.83. The number of pyridine rings is 1. The van der Waals surface area contributed by atoms with Gasteiger partial charge in [-0.15, -0.1) is 0 Å². The first-order chi connectivity index (χ1) is 12.2. The summed E-state index contributed by atoms with van der Waals surface area (Å²) in [4.78, 5) is 4.73. The highest BCUT2D eigenvalue weighted by atomic mass is 16.5. The average Bonchev–Trinajstić information content (AvgIpc) is 2.58. The number of benzene rings is 1. The Morgan fingerprint density at radius 1 is 1.04 bits per heavy atom. The molecule has 3 heteroatoms. The molecule has 2 aromatic rings. The maximum absolute atomic E-state index is 5.73. The minimum absolute atomic E-state index is 0.647. The van der Waals surface area contributed by atoms with E-state index in [9.17, 15) is 0 Å². The van der Waals surface area contributed by atoms with Gasteiger partial charge in [0.05, 0.1) is 12.1 Å². The van der Waals surface area contributed by atoms with Crippen LogP contribution in [0.15, 0.2) is 24.3 Å². The summed E-state index contributed by atoms with van der Waals surface area (Å²) in [5.41, 5.74) is 3.40. The van der Waals surface area contributed by atoms with Gasteiger partial charge in [-0.1, -0.05) is 0 Å². The molecule has 0 radical (unpaired) electrons. The summed E-state index contributed by atoms with van der Waals surface area (Å²) in [5, 5.41) is 5.18. The molecule has 1 aromatic carbocycles. The Kier molecular flexibility index (Phi) is 3.65. The maximum Gasteiger partial charge on any atom is 0.120 e. The molecule has 4 aliphatic carbocycles. The van der Waals surface area contributed by atoms with Gasteiger partial charge in [-0.05, 0) is 93.9 Å². The highest BCUT2D eigenvalue weighted by Crippen LogP contribution is 2.54. The Balaban J connectivity index is 1.50. The van der Waals surface area contributed by atoms with Gasteiger partial charge in [0.25, 0.3) is 0 Å². The Bertz CT molecular complexity index is 772. The Hall–Kier alpha value is -1.77. The monoisotopic (exact) mass is 336 g/mol. The van der Waals surface area contributed by atoms with E-state index in [0.29, 0.717) is 12.6 Å². The summed E-state index contributed by atoms with van der Waals surface area (Å²) in [6, 6.07) is 9.15. The molecule has 1 aromatic heterocycles. The van der Waals surface area contributed by atoms with Crippen LogP contribution in [0.5, 0.6) is 5.75 Å². The first kappa shape index (κ1) is 15.5. The van der Waals surface area contributed by atoms with E-state index in [0.717, 1.165) is 40.6 Å². The van der Waals surface area contributed by atoms with Crippen LogP contribution in [0.2, 0.25) is 0 Å². The van der Waals surface area contributed by atoms with Crippen molar-refractivity contribution in [3.8, 4) is 5.75 Å². The molecule has 132 valence electrons. The largest absolute Gasteiger partial charge is 0.494 e. The molecule has 0 unspecified atom stereocenters. The van der Waals surface area contributed by atoms with Crippen LogP contribution in [0.4, 0.5) is 5.69 Å². The van der Waals surface area contributed by atoms with Gasteiger partial charge in [-0.25, -0.2) is 0 Å². The van der Waals surface area contributed by atoms with Gasteiger partial charge in [0.2, 0.25) is 0 Å². The van der Waals surface area contributed by atoms with Gasteiger partial charge in [0.1, 0.15) is 5.75 Å². The number of nitrogens with one attached hydrogen (secondary N) is 1. The predicted molar refractivity (Wildman–Crippen MR) is 102 cm³/mol. The number of ether oxygens (including phenoxy) is 1. The molecule has 0 aliphatic heterocycles. The van der Waals surface area contributed by atoms with Gasteiger partial charge in [-0.2, -0.15) is 0 Å². The summed E-state index contributed by atoms with van der Waals surface area (Å²) in [7, 11) is 0. The van der Waals surface area contributed by atoms with Crippen molar-refractivity contribution < 1.29 is 4.74 Å². The molecule has 4 fully saturated rings. The Morgan fingerprint density at radius 3 is 2.44 bits per heavy atom. The number of aromatic nitrogens is 1. The molecule has 6 rings (SSSR count). The van der Waals surface area contributed by atoms with Crippen LogP contribution in [0.1, 0.15) is 44.7 Å². The van der Waals surface area contributed by atoms with Crippen LogP contribution < -0.4 is 10.1 Å². The Labute approximate surface area is 150 Å². The number of aryl methyl sites for hydroxylation is 1. The third kappa shape index (κ3) is 2.68. The SMILES string of the molecule is CCOc1ccc2nc(C)cc(NC3C4CC5CC(C4)CC3C5)c2c1. The van der Waals surface area contributed by atoms with Crippen LogP contribution in [-0.4, -0.2) is 17.6 Å². The van der Waals surface area contributed by atoms with Crippen molar-refractivity contribution in [3.05, 3.63) is 30.0 Å². The van der Waals surface area contributed by atoms with Crippen molar-refractivity contribution in [2.24, 2.45) is 23.7 Å². The number of hydrogen-bond donors (Lipinski definition) is 1. The molecule has 3 nitrogen and oxygen atoms in total. The van der Waals surface area contributed by atoms with Crippen molar-refractivity contribution >= 4 is 16.6 Å². The summed E-state index contributed by atoms with van der Waals surface area (Å²) in [5.74, 6) is 4.71. The van der Waals surface area contributed by atoms with Gasteiger partial charge < -0.3 is 10.1 Å². The van der Waals surface area contributed by atoms with E-state index in [2.05, 4.69) is 30.4 Å². The number of nitrogens with zero attached hydrogens (tertiary/aromatic N) is 1. The van der Waals surface area contributed by atoms with Crippen LogP contribution in [-0.2, 0) is 0 Å². The highest BCUT2D eigenvalue weighted by molar-refractivity contribution is 5.92. The fourth-order valence-corrected chi connectivity index (χ4v) is 6.05. The Morgan fingerprint density at radius 2 is 1.76 bits per heavy atom. The quantitative estimate of drug-likeness (QED) is 0.835. The molecule has 0 spiro atoms. The zero-order valence-electron chi connectivity index (χ0n) is 15.3. The highest BCUT2D eigenvalue weighted by Gasteiger charge is 2.48. The van der Waals surface area contributed by atoms with E-state index < -0.39 is 0 Å². The number of rotatable bonds is 4. The van der Waals surface area contributed by atoms with Crippen molar-refractivity contribution in [2.45, 2.75) is 52.0 Å². The lowest BCUT2D eigenvalue weighted by atomic mass is 9.54.